The van der Waals surface area contributed by atoms with Gasteiger partial charge < -0.3 is 0 Å². The minimum Gasteiger partial charge on any atom is -0.287 e. The van der Waals surface area contributed by atoms with Gasteiger partial charge in [0.2, 0.25) is 10.6 Å². The molecular formula is C21H23N3OS. The van der Waals surface area contributed by atoms with Gasteiger partial charge in [-0.1, -0.05) is 74.4 Å². The number of carbonyl (C=O) groups is 1. The molecule has 0 unspecified atom stereocenters. The van der Waals surface area contributed by atoms with Gasteiger partial charge in [0.25, 0.3) is 0 Å². The predicted octanol–water partition coefficient (Wildman–Crippen LogP) is 5.17. The van der Waals surface area contributed by atoms with Gasteiger partial charge in [0.1, 0.15) is 5.69 Å². The van der Waals surface area contributed by atoms with E-state index in [2.05, 4.69) is 30.0 Å². The third kappa shape index (κ3) is 3.68. The smallest absolute Gasteiger partial charge is 0.213 e. The largest absolute Gasteiger partial charge is 0.287 e. The van der Waals surface area contributed by atoms with Gasteiger partial charge in [-0.3, -0.25) is 4.79 Å². The molecular weight excluding hydrogens is 342 g/mol. The Balaban J connectivity index is 2.06. The van der Waals surface area contributed by atoms with E-state index in [1.165, 1.54) is 11.3 Å². The Kier molecular flexibility index (Phi) is 6.12. The second-order valence-electron chi connectivity index (χ2n) is 6.03. The van der Waals surface area contributed by atoms with Crippen molar-refractivity contribution in [3.8, 4) is 10.4 Å². The van der Waals surface area contributed by atoms with E-state index in [4.69, 9.17) is 0 Å². The third-order valence-electron chi connectivity index (χ3n) is 4.04. The van der Waals surface area contributed by atoms with Crippen LogP contribution < -0.4 is 4.80 Å². The molecule has 1 aromatic heterocycles. The van der Waals surface area contributed by atoms with E-state index in [1.54, 1.807) is 17.1 Å². The van der Waals surface area contributed by atoms with E-state index in [0.717, 1.165) is 41.7 Å². The minimum atomic E-state index is 0.0144. The van der Waals surface area contributed by atoms with Crippen LogP contribution >= 0.6 is 11.3 Å². The SMILES string of the molecule is CCC/C=C/C=N/n1c2c(sc1=N/C=C/CCC)-c1ccccc1C2=O. The fourth-order valence-corrected chi connectivity index (χ4v) is 3.82. The highest BCUT2D eigenvalue weighted by Gasteiger charge is 2.32. The molecule has 26 heavy (non-hydrogen) atoms. The Morgan fingerprint density at radius 2 is 1.81 bits per heavy atom. The normalized spacial score (nSPS) is 14.2. The molecule has 0 N–H and O–H groups in total. The average molecular weight is 366 g/mol. The summed E-state index contributed by atoms with van der Waals surface area (Å²) in [5, 5.41) is 4.51. The molecule has 4 nitrogen and oxygen atoms in total. The maximum Gasteiger partial charge on any atom is 0.213 e. The second-order valence-corrected chi connectivity index (χ2v) is 7.01. The summed E-state index contributed by atoms with van der Waals surface area (Å²) in [6, 6.07) is 7.71. The molecule has 1 aromatic carbocycles. The van der Waals surface area contributed by atoms with Crippen LogP contribution in [-0.4, -0.2) is 16.7 Å². The highest BCUT2D eigenvalue weighted by molar-refractivity contribution is 7.13. The van der Waals surface area contributed by atoms with Gasteiger partial charge in [-0.2, -0.15) is 5.10 Å². The summed E-state index contributed by atoms with van der Waals surface area (Å²) in [6.45, 7) is 4.27. The van der Waals surface area contributed by atoms with Gasteiger partial charge in [0.15, 0.2) is 0 Å². The van der Waals surface area contributed by atoms with E-state index in [0.29, 0.717) is 10.5 Å². The standard InChI is InChI=1S/C21H23N3OS/c1-3-5-7-11-15-23-24-18-19(25)16-12-8-9-13-17(16)20(18)26-21(24)22-14-10-6-4-2/h7-15H,3-6H2,1-2H3/b11-7+,14-10+,22-21?,23-15+. The zero-order valence-electron chi connectivity index (χ0n) is 15.2. The topological polar surface area (TPSA) is 46.7 Å². The first kappa shape index (κ1) is 18.3. The van der Waals surface area contributed by atoms with E-state index in [9.17, 15) is 4.79 Å². The van der Waals surface area contributed by atoms with E-state index in [-0.39, 0.29) is 5.78 Å². The maximum absolute atomic E-state index is 12.9. The number of allylic oxidation sites excluding steroid dienone is 3. The number of rotatable bonds is 7. The van der Waals surface area contributed by atoms with Gasteiger partial charge >= 0.3 is 0 Å². The lowest BCUT2D eigenvalue weighted by Gasteiger charge is -1.98. The van der Waals surface area contributed by atoms with Crippen LogP contribution in [0.5, 0.6) is 0 Å². The highest BCUT2D eigenvalue weighted by Crippen LogP contribution is 2.38. The average Bonchev–Trinajstić information content (AvgIpc) is 3.15. The van der Waals surface area contributed by atoms with Gasteiger partial charge in [-0.15, -0.1) is 0 Å². The van der Waals surface area contributed by atoms with E-state index >= 15 is 0 Å². The van der Waals surface area contributed by atoms with Gasteiger partial charge in [0.05, 0.1) is 4.88 Å². The molecule has 0 aliphatic heterocycles. The van der Waals surface area contributed by atoms with Crippen molar-refractivity contribution in [1.29, 1.82) is 0 Å². The number of carbonyl (C=O) groups excluding carboxylic acids is 1. The number of unbranched alkanes of at least 4 members (excludes halogenated alkanes) is 2. The molecule has 2 aromatic rings. The molecule has 0 atom stereocenters. The second kappa shape index (κ2) is 8.72. The summed E-state index contributed by atoms with van der Waals surface area (Å²) in [4.78, 5) is 19.1. The number of thiazole rings is 1. The summed E-state index contributed by atoms with van der Waals surface area (Å²) in [5.41, 5.74) is 2.33. The van der Waals surface area contributed by atoms with Crippen LogP contribution in [-0.2, 0) is 0 Å². The van der Waals surface area contributed by atoms with Crippen molar-refractivity contribution in [3.05, 3.63) is 64.8 Å². The van der Waals surface area contributed by atoms with Crippen molar-refractivity contribution >= 4 is 23.3 Å². The number of aromatic nitrogens is 1. The fourth-order valence-electron chi connectivity index (χ4n) is 2.74. The lowest BCUT2D eigenvalue weighted by atomic mass is 10.1. The summed E-state index contributed by atoms with van der Waals surface area (Å²) in [5.74, 6) is 0.0144. The predicted molar refractivity (Wildman–Crippen MR) is 109 cm³/mol. The van der Waals surface area contributed by atoms with Crippen LogP contribution in [0.4, 0.5) is 0 Å². The number of benzene rings is 1. The first-order chi connectivity index (χ1) is 12.8. The van der Waals surface area contributed by atoms with Crippen LogP contribution in [0, 0.1) is 0 Å². The van der Waals surface area contributed by atoms with Crippen molar-refractivity contribution in [1.82, 2.24) is 4.68 Å². The number of hydrogen-bond acceptors (Lipinski definition) is 4. The van der Waals surface area contributed by atoms with Crippen LogP contribution in [0.1, 0.15) is 55.6 Å². The molecule has 0 saturated heterocycles. The zero-order chi connectivity index (χ0) is 18.4. The molecule has 1 aliphatic carbocycles. The lowest BCUT2D eigenvalue weighted by molar-refractivity contribution is 0.103. The Morgan fingerprint density at radius 3 is 2.58 bits per heavy atom. The Hall–Kier alpha value is -2.53. The van der Waals surface area contributed by atoms with E-state index < -0.39 is 0 Å². The molecule has 1 heterocycles. The monoisotopic (exact) mass is 365 g/mol. The molecule has 0 radical (unpaired) electrons. The summed E-state index contributed by atoms with van der Waals surface area (Å²) < 4.78 is 1.68. The summed E-state index contributed by atoms with van der Waals surface area (Å²) in [7, 11) is 0. The van der Waals surface area contributed by atoms with Crippen molar-refractivity contribution < 1.29 is 4.79 Å². The molecule has 1 aliphatic rings. The number of fused-ring (bicyclic) bond motifs is 3. The third-order valence-corrected chi connectivity index (χ3v) is 5.12. The molecule has 5 heteroatoms. The molecule has 0 amide bonds. The van der Waals surface area contributed by atoms with Crippen LogP contribution in [0.25, 0.3) is 10.4 Å². The number of ketones is 1. The highest BCUT2D eigenvalue weighted by atomic mass is 32.1. The Bertz CT molecular complexity index is 944. The van der Waals surface area contributed by atoms with Gasteiger partial charge in [-0.25, -0.2) is 9.67 Å². The molecule has 0 spiro atoms. The minimum absolute atomic E-state index is 0.0144. The Morgan fingerprint density at radius 1 is 1.08 bits per heavy atom. The number of nitrogens with zero attached hydrogens (tertiary/aromatic N) is 3. The zero-order valence-corrected chi connectivity index (χ0v) is 16.0. The fraction of sp³-hybridized carbons (Fsp3) is 0.286. The molecule has 0 saturated carbocycles. The quantitative estimate of drug-likeness (QED) is 0.533. The molecule has 0 bridgehead atoms. The molecule has 3 rings (SSSR count). The van der Waals surface area contributed by atoms with Gasteiger partial charge in [-0.05, 0) is 18.9 Å². The first-order valence-corrected chi connectivity index (χ1v) is 9.87. The first-order valence-electron chi connectivity index (χ1n) is 9.06. The summed E-state index contributed by atoms with van der Waals surface area (Å²) in [6.07, 6.45) is 13.7. The van der Waals surface area contributed by atoms with Crippen LogP contribution in [0.3, 0.4) is 0 Å². The van der Waals surface area contributed by atoms with Crippen molar-refractivity contribution in [3.63, 3.8) is 0 Å². The lowest BCUT2D eigenvalue weighted by Crippen LogP contribution is -2.15. The van der Waals surface area contributed by atoms with Crippen molar-refractivity contribution in [2.45, 2.75) is 39.5 Å². The number of hydrogen-bond donors (Lipinski definition) is 0. The summed E-state index contributed by atoms with van der Waals surface area (Å²) >= 11 is 1.51. The van der Waals surface area contributed by atoms with Crippen LogP contribution in [0.2, 0.25) is 0 Å². The Labute approximate surface area is 157 Å². The molecule has 0 fully saturated rings. The molecule has 134 valence electrons. The van der Waals surface area contributed by atoms with Crippen LogP contribution in [0.15, 0.2) is 58.8 Å². The van der Waals surface area contributed by atoms with Crippen molar-refractivity contribution in [2.75, 3.05) is 0 Å². The van der Waals surface area contributed by atoms with E-state index in [1.807, 2.05) is 36.4 Å². The maximum atomic E-state index is 12.9. The van der Waals surface area contributed by atoms with Gasteiger partial charge in [0, 0.05) is 23.5 Å². The van der Waals surface area contributed by atoms with Crippen molar-refractivity contribution in [2.24, 2.45) is 10.1 Å².